The molecule has 2 aromatic rings. The minimum Gasteiger partial charge on any atom is -0.492 e. The minimum absolute atomic E-state index is 0. The number of rotatable bonds is 6. The van der Waals surface area contributed by atoms with Gasteiger partial charge in [0.2, 0.25) is 11.7 Å². The van der Waals surface area contributed by atoms with Crippen molar-refractivity contribution in [2.45, 2.75) is 38.3 Å². The van der Waals surface area contributed by atoms with Crippen molar-refractivity contribution < 1.29 is 14.4 Å². The van der Waals surface area contributed by atoms with Gasteiger partial charge in [0.1, 0.15) is 12.4 Å². The van der Waals surface area contributed by atoms with Crippen molar-refractivity contribution in [3.63, 3.8) is 0 Å². The van der Waals surface area contributed by atoms with E-state index in [0.29, 0.717) is 30.7 Å². The molecule has 0 spiro atoms. The average Bonchev–Trinajstić information content (AvgIpc) is 3.09. The van der Waals surface area contributed by atoms with Crippen molar-refractivity contribution >= 4 is 8.41 Å². The Hall–Kier alpha value is -2.12. The number of aryl methyl sites for hydroxylation is 1. The van der Waals surface area contributed by atoms with E-state index < -0.39 is 0 Å². The zero-order valence-corrected chi connectivity index (χ0v) is 15.7. The number of piperidine rings is 3. The predicted octanol–water partition coefficient (Wildman–Crippen LogP) is 2.23. The molecule has 6 nitrogen and oxygen atoms in total. The number of aromatic nitrogens is 2. The highest BCUT2D eigenvalue weighted by molar-refractivity contribution is 5.75. The molecule has 3 aliphatic rings. The first-order valence-electron chi connectivity index (χ1n) is 9.25. The molecule has 3 saturated heterocycles. The van der Waals surface area contributed by atoms with Gasteiger partial charge in [-0.05, 0) is 62.0 Å². The number of fused-ring (bicyclic) bond motifs is 3. The molecule has 3 radical (unpaired) electrons. The first-order chi connectivity index (χ1) is 12.7. The van der Waals surface area contributed by atoms with Gasteiger partial charge in [-0.15, -0.1) is 6.58 Å². The van der Waals surface area contributed by atoms with Crippen LogP contribution < -0.4 is 4.74 Å². The quantitative estimate of drug-likeness (QED) is 0.625. The maximum Gasteiger partial charge on any atom is 0.223 e. The summed E-state index contributed by atoms with van der Waals surface area (Å²) < 4.78 is 11.2. The summed E-state index contributed by atoms with van der Waals surface area (Å²) in [5.41, 5.74) is 1.93. The first-order valence-corrected chi connectivity index (χ1v) is 9.25. The Kier molecular flexibility index (Phi) is 6.02. The molecule has 1 aromatic heterocycles. The van der Waals surface area contributed by atoms with Gasteiger partial charge in [0.05, 0.1) is 12.1 Å². The normalized spacial score (nSPS) is 26.4. The zero-order valence-electron chi connectivity index (χ0n) is 15.7. The van der Waals surface area contributed by atoms with Gasteiger partial charge in [-0.2, -0.15) is 4.98 Å². The lowest BCUT2D eigenvalue weighted by atomic mass is 9.81. The summed E-state index contributed by atoms with van der Waals surface area (Å²) >= 11 is 0. The Labute approximate surface area is 161 Å². The third-order valence-electron chi connectivity index (χ3n) is 5.54. The Morgan fingerprint density at radius 2 is 2.15 bits per heavy atom. The van der Waals surface area contributed by atoms with Crippen LogP contribution in [0.3, 0.4) is 0 Å². The van der Waals surface area contributed by atoms with Crippen LogP contribution in [0.5, 0.6) is 5.75 Å². The van der Waals surface area contributed by atoms with E-state index in [9.17, 15) is 5.11 Å². The molecule has 7 heteroatoms. The molecule has 0 saturated carbocycles. The topological polar surface area (TPSA) is 71.6 Å². The van der Waals surface area contributed by atoms with Gasteiger partial charge in [0.25, 0.3) is 0 Å². The van der Waals surface area contributed by atoms with Gasteiger partial charge in [-0.25, -0.2) is 0 Å². The van der Waals surface area contributed by atoms with Crippen LogP contribution in [0.25, 0.3) is 11.4 Å². The molecule has 0 amide bonds. The van der Waals surface area contributed by atoms with E-state index in [2.05, 4.69) is 21.6 Å². The molecular formula is C20H25BN3O3. The standard InChI is InChI=1S/C20H25N3O3.B/c1-3-4-15-11-16(20-21-13(2)26-22-20)5-6-18(15)25-12-17-19(24)14-7-9-23(17)10-8-14;/h3,5-6,11,14,17,19,24H,1,4,7-10,12H2,2H3;. The van der Waals surface area contributed by atoms with Crippen molar-refractivity contribution in [3.05, 3.63) is 42.3 Å². The highest BCUT2D eigenvalue weighted by Crippen LogP contribution is 2.33. The van der Waals surface area contributed by atoms with Crippen molar-refractivity contribution in [2.75, 3.05) is 19.7 Å². The SMILES string of the molecule is C=CCc1cc(-c2noc(C)n2)ccc1OCC1C(O)C2CCN1CC2.[B]. The van der Waals surface area contributed by atoms with E-state index in [1.54, 1.807) is 6.92 Å². The van der Waals surface area contributed by atoms with Gasteiger partial charge >= 0.3 is 0 Å². The molecule has 1 N–H and O–H groups in total. The predicted molar refractivity (Wildman–Crippen MR) is 104 cm³/mol. The van der Waals surface area contributed by atoms with E-state index in [1.807, 2.05) is 24.3 Å². The lowest BCUT2D eigenvalue weighted by molar-refractivity contribution is -0.0850. The van der Waals surface area contributed by atoms with Crippen LogP contribution in [-0.4, -0.2) is 60.4 Å². The monoisotopic (exact) mass is 366 g/mol. The summed E-state index contributed by atoms with van der Waals surface area (Å²) in [5.74, 6) is 2.36. The van der Waals surface area contributed by atoms with Crippen molar-refractivity contribution in [2.24, 2.45) is 5.92 Å². The second kappa shape index (κ2) is 8.27. The molecule has 1 aromatic carbocycles. The van der Waals surface area contributed by atoms with E-state index in [0.717, 1.165) is 42.8 Å². The number of nitrogens with zero attached hydrogens (tertiary/aromatic N) is 3. The fourth-order valence-electron chi connectivity index (χ4n) is 4.09. The molecule has 3 aliphatic heterocycles. The fraction of sp³-hybridized carbons (Fsp3) is 0.500. The van der Waals surface area contributed by atoms with Crippen LogP contribution in [0.1, 0.15) is 24.3 Å². The number of ether oxygens (including phenoxy) is 1. The summed E-state index contributed by atoms with van der Waals surface area (Å²) in [6.07, 6.45) is 4.45. The highest BCUT2D eigenvalue weighted by atomic mass is 16.5. The van der Waals surface area contributed by atoms with E-state index in [-0.39, 0.29) is 20.6 Å². The molecule has 141 valence electrons. The number of aliphatic hydroxyl groups is 1. The smallest absolute Gasteiger partial charge is 0.223 e. The summed E-state index contributed by atoms with van der Waals surface area (Å²) in [6.45, 7) is 8.24. The Bertz CT molecular complexity index is 785. The van der Waals surface area contributed by atoms with Gasteiger partial charge in [0.15, 0.2) is 0 Å². The Morgan fingerprint density at radius 1 is 1.37 bits per heavy atom. The molecule has 2 bridgehead atoms. The largest absolute Gasteiger partial charge is 0.492 e. The van der Waals surface area contributed by atoms with E-state index >= 15 is 0 Å². The lowest BCUT2D eigenvalue weighted by Gasteiger charge is -2.48. The maximum absolute atomic E-state index is 10.5. The summed E-state index contributed by atoms with van der Waals surface area (Å²) in [5, 5.41) is 14.5. The van der Waals surface area contributed by atoms with Gasteiger partial charge < -0.3 is 14.4 Å². The zero-order chi connectivity index (χ0) is 18.1. The molecule has 2 atom stereocenters. The van der Waals surface area contributed by atoms with Crippen LogP contribution in [0, 0.1) is 12.8 Å². The van der Waals surface area contributed by atoms with Crippen LogP contribution in [0.15, 0.2) is 35.4 Å². The molecule has 2 unspecified atom stereocenters. The van der Waals surface area contributed by atoms with Crippen LogP contribution in [-0.2, 0) is 6.42 Å². The molecule has 5 rings (SSSR count). The third kappa shape index (κ3) is 3.94. The van der Waals surface area contributed by atoms with Crippen molar-refractivity contribution in [3.8, 4) is 17.1 Å². The molecule has 27 heavy (non-hydrogen) atoms. The maximum atomic E-state index is 10.5. The first kappa shape index (κ1) is 19.6. The second-order valence-electron chi connectivity index (χ2n) is 7.19. The van der Waals surface area contributed by atoms with Crippen LogP contribution in [0.2, 0.25) is 0 Å². The summed E-state index contributed by atoms with van der Waals surface area (Å²) in [4.78, 5) is 6.64. The van der Waals surface area contributed by atoms with Crippen LogP contribution in [0.4, 0.5) is 0 Å². The summed E-state index contributed by atoms with van der Waals surface area (Å²) in [7, 11) is 0. The highest BCUT2D eigenvalue weighted by Gasteiger charge is 2.41. The second-order valence-corrected chi connectivity index (χ2v) is 7.19. The Balaban J connectivity index is 0.00000210. The summed E-state index contributed by atoms with van der Waals surface area (Å²) in [6, 6.07) is 5.99. The molecular weight excluding hydrogens is 341 g/mol. The minimum atomic E-state index is -0.290. The van der Waals surface area contributed by atoms with Crippen molar-refractivity contribution in [1.29, 1.82) is 0 Å². The number of hydrogen-bond donors (Lipinski definition) is 1. The van der Waals surface area contributed by atoms with Crippen molar-refractivity contribution in [1.82, 2.24) is 15.0 Å². The number of hydrogen-bond acceptors (Lipinski definition) is 6. The van der Waals surface area contributed by atoms with Gasteiger partial charge in [-0.3, -0.25) is 4.90 Å². The van der Waals surface area contributed by atoms with Crippen LogP contribution >= 0.6 is 0 Å². The Morgan fingerprint density at radius 3 is 2.78 bits per heavy atom. The molecule has 4 heterocycles. The van der Waals surface area contributed by atoms with Gasteiger partial charge in [-0.1, -0.05) is 11.2 Å². The average molecular weight is 366 g/mol. The number of allylic oxidation sites excluding steroid dienone is 1. The number of aliphatic hydroxyl groups excluding tert-OH is 1. The molecule has 0 aliphatic carbocycles. The number of benzene rings is 1. The third-order valence-corrected chi connectivity index (χ3v) is 5.54. The molecule has 3 fully saturated rings. The van der Waals surface area contributed by atoms with E-state index in [4.69, 9.17) is 9.26 Å². The fourth-order valence-corrected chi connectivity index (χ4v) is 4.09. The van der Waals surface area contributed by atoms with Gasteiger partial charge in [0, 0.05) is 20.9 Å². The lowest BCUT2D eigenvalue weighted by Crippen LogP contribution is -2.59. The van der Waals surface area contributed by atoms with E-state index in [1.165, 1.54) is 0 Å².